The maximum atomic E-state index is 13.0. The van der Waals surface area contributed by atoms with E-state index in [2.05, 4.69) is 14.9 Å². The fraction of sp³-hybridized carbons (Fsp3) is 0.238. The molecule has 0 saturated carbocycles. The Morgan fingerprint density at radius 2 is 1.54 bits per heavy atom. The van der Waals surface area contributed by atoms with Gasteiger partial charge in [-0.3, -0.25) is 0 Å². The Kier molecular flexibility index (Phi) is 5.11. The number of nitrogens with zero attached hydrogens (tertiary/aromatic N) is 4. The quantitative estimate of drug-likeness (QED) is 0.681. The van der Waals surface area contributed by atoms with Gasteiger partial charge in [0.15, 0.2) is 0 Å². The largest absolute Gasteiger partial charge is 0.354 e. The lowest BCUT2D eigenvalue weighted by Crippen LogP contribution is -2.49. The zero-order chi connectivity index (χ0) is 19.6. The summed E-state index contributed by atoms with van der Waals surface area (Å²) in [6.45, 7) is 3.88. The molecule has 1 aliphatic rings. The molecule has 4 rings (SSSR count). The van der Waals surface area contributed by atoms with Crippen molar-refractivity contribution < 1.29 is 8.42 Å². The number of sulfonamides is 1. The molecule has 0 spiro atoms. The van der Waals surface area contributed by atoms with E-state index in [1.165, 1.54) is 0 Å². The zero-order valence-corrected chi connectivity index (χ0v) is 16.5. The van der Waals surface area contributed by atoms with Crippen molar-refractivity contribution >= 4 is 15.8 Å². The van der Waals surface area contributed by atoms with Crippen LogP contribution in [0.25, 0.3) is 11.3 Å². The molecule has 0 unspecified atom stereocenters. The Bertz CT molecular complexity index is 1060. The summed E-state index contributed by atoms with van der Waals surface area (Å²) in [5.74, 6) is 0.821. The Morgan fingerprint density at radius 1 is 0.857 bits per heavy atom. The van der Waals surface area contributed by atoms with Crippen molar-refractivity contribution in [2.75, 3.05) is 31.1 Å². The van der Waals surface area contributed by atoms with Gasteiger partial charge in [-0.1, -0.05) is 48.5 Å². The highest BCUT2D eigenvalue weighted by Gasteiger charge is 2.29. The number of aromatic nitrogens is 2. The van der Waals surface area contributed by atoms with Gasteiger partial charge in [-0.25, -0.2) is 18.4 Å². The summed E-state index contributed by atoms with van der Waals surface area (Å²) >= 11 is 0. The molecule has 28 heavy (non-hydrogen) atoms. The molecule has 1 aliphatic heterocycles. The van der Waals surface area contributed by atoms with E-state index >= 15 is 0 Å². The minimum atomic E-state index is -3.48. The van der Waals surface area contributed by atoms with Crippen molar-refractivity contribution in [1.82, 2.24) is 14.3 Å². The second-order valence-corrected chi connectivity index (χ2v) is 8.69. The van der Waals surface area contributed by atoms with Crippen molar-refractivity contribution in [1.29, 1.82) is 0 Å². The highest BCUT2D eigenvalue weighted by atomic mass is 32.2. The van der Waals surface area contributed by atoms with E-state index < -0.39 is 10.0 Å². The van der Waals surface area contributed by atoms with E-state index in [1.54, 1.807) is 22.8 Å². The number of hydrogen-bond donors (Lipinski definition) is 0. The molecule has 0 bridgehead atoms. The number of anilines is 1. The van der Waals surface area contributed by atoms with Crippen LogP contribution in [0.2, 0.25) is 0 Å². The van der Waals surface area contributed by atoms with Crippen molar-refractivity contribution in [2.45, 2.75) is 11.8 Å². The smallest absolute Gasteiger partial charge is 0.243 e. The molecule has 0 atom stereocenters. The van der Waals surface area contributed by atoms with Gasteiger partial charge < -0.3 is 4.90 Å². The van der Waals surface area contributed by atoms with Crippen LogP contribution in [0.15, 0.2) is 71.9 Å². The third kappa shape index (κ3) is 3.63. The summed E-state index contributed by atoms with van der Waals surface area (Å²) < 4.78 is 27.5. The number of aryl methyl sites for hydroxylation is 1. The molecule has 0 radical (unpaired) electrons. The molecule has 1 fully saturated rings. The molecule has 2 heterocycles. The molecule has 2 aromatic carbocycles. The van der Waals surface area contributed by atoms with E-state index in [1.807, 2.05) is 55.5 Å². The Balaban J connectivity index is 1.50. The summed E-state index contributed by atoms with van der Waals surface area (Å²) in [7, 11) is -3.48. The predicted octanol–water partition coefficient (Wildman–Crippen LogP) is 2.96. The van der Waals surface area contributed by atoms with Crippen LogP contribution in [0.3, 0.4) is 0 Å². The van der Waals surface area contributed by atoms with Crippen LogP contribution in [-0.2, 0) is 10.0 Å². The fourth-order valence-electron chi connectivity index (χ4n) is 3.43. The third-order valence-electron chi connectivity index (χ3n) is 5.00. The molecule has 0 N–H and O–H groups in total. The van der Waals surface area contributed by atoms with Crippen LogP contribution in [0, 0.1) is 6.92 Å². The van der Waals surface area contributed by atoms with Crippen LogP contribution in [0.4, 0.5) is 5.82 Å². The highest BCUT2D eigenvalue weighted by molar-refractivity contribution is 7.89. The van der Waals surface area contributed by atoms with Gasteiger partial charge in [0.1, 0.15) is 12.1 Å². The van der Waals surface area contributed by atoms with Gasteiger partial charge in [0.25, 0.3) is 0 Å². The topological polar surface area (TPSA) is 66.4 Å². The van der Waals surface area contributed by atoms with E-state index in [4.69, 9.17) is 0 Å². The van der Waals surface area contributed by atoms with E-state index in [0.29, 0.717) is 31.1 Å². The molecule has 3 aromatic rings. The maximum Gasteiger partial charge on any atom is 0.243 e. The van der Waals surface area contributed by atoms with Gasteiger partial charge in [0.05, 0.1) is 10.6 Å². The Hall–Kier alpha value is -2.77. The molecule has 7 heteroatoms. The maximum absolute atomic E-state index is 13.0. The second kappa shape index (κ2) is 7.69. The lowest BCUT2D eigenvalue weighted by atomic mass is 10.1. The number of hydrogen-bond acceptors (Lipinski definition) is 5. The minimum absolute atomic E-state index is 0.386. The zero-order valence-electron chi connectivity index (χ0n) is 15.7. The normalized spacial score (nSPS) is 15.5. The molecule has 6 nitrogen and oxygen atoms in total. The first-order chi connectivity index (χ1) is 13.6. The van der Waals surface area contributed by atoms with E-state index in [0.717, 1.165) is 22.6 Å². The van der Waals surface area contributed by atoms with Crippen LogP contribution < -0.4 is 4.90 Å². The summed E-state index contributed by atoms with van der Waals surface area (Å²) in [5, 5.41) is 0. The molecule has 144 valence electrons. The van der Waals surface area contributed by atoms with Crippen LogP contribution in [-0.4, -0.2) is 48.9 Å². The number of benzene rings is 2. The summed E-state index contributed by atoms with van der Waals surface area (Å²) in [5.41, 5.74) is 2.67. The van der Waals surface area contributed by atoms with Crippen LogP contribution in [0.1, 0.15) is 5.56 Å². The summed E-state index contributed by atoms with van der Waals surface area (Å²) in [6.07, 6.45) is 1.56. The molecule has 0 aliphatic carbocycles. The van der Waals surface area contributed by atoms with Gasteiger partial charge in [0, 0.05) is 37.8 Å². The SMILES string of the molecule is Cc1ccccc1S(=O)(=O)N1CCN(c2cc(-c3ccccc3)ncn2)CC1. The Labute approximate surface area is 165 Å². The van der Waals surface area contributed by atoms with Crippen molar-refractivity contribution in [3.05, 3.63) is 72.6 Å². The first-order valence-corrected chi connectivity index (χ1v) is 10.7. The van der Waals surface area contributed by atoms with Crippen molar-refractivity contribution in [3.63, 3.8) is 0 Å². The molecule has 0 amide bonds. The third-order valence-corrected chi connectivity index (χ3v) is 7.06. The lowest BCUT2D eigenvalue weighted by molar-refractivity contribution is 0.383. The second-order valence-electron chi connectivity index (χ2n) is 6.78. The number of piperazine rings is 1. The molecule has 1 aromatic heterocycles. The Morgan fingerprint density at radius 3 is 2.25 bits per heavy atom. The summed E-state index contributed by atoms with van der Waals surface area (Å²) in [6, 6.07) is 19.0. The van der Waals surface area contributed by atoms with Crippen LogP contribution >= 0.6 is 0 Å². The molecular weight excluding hydrogens is 372 g/mol. The minimum Gasteiger partial charge on any atom is -0.354 e. The predicted molar refractivity (Wildman–Crippen MR) is 110 cm³/mol. The average Bonchev–Trinajstić information content (AvgIpc) is 2.75. The number of rotatable bonds is 4. The first-order valence-electron chi connectivity index (χ1n) is 9.24. The standard InChI is InChI=1S/C21H22N4O2S/c1-17-7-5-6-10-20(17)28(26,27)25-13-11-24(12-14-25)21-15-19(22-16-23-21)18-8-3-2-4-9-18/h2-10,15-16H,11-14H2,1H3. The highest BCUT2D eigenvalue weighted by Crippen LogP contribution is 2.24. The summed E-state index contributed by atoms with van der Waals surface area (Å²) in [4.78, 5) is 11.3. The molecule has 1 saturated heterocycles. The molecular formula is C21H22N4O2S. The van der Waals surface area contributed by atoms with Gasteiger partial charge in [-0.15, -0.1) is 0 Å². The average molecular weight is 395 g/mol. The van der Waals surface area contributed by atoms with Crippen molar-refractivity contribution in [2.24, 2.45) is 0 Å². The van der Waals surface area contributed by atoms with Crippen molar-refractivity contribution in [3.8, 4) is 11.3 Å². The van der Waals surface area contributed by atoms with Gasteiger partial charge in [-0.2, -0.15) is 4.31 Å². The monoisotopic (exact) mass is 394 g/mol. The first kappa shape index (κ1) is 18.6. The van der Waals surface area contributed by atoms with Crippen LogP contribution in [0.5, 0.6) is 0 Å². The van der Waals surface area contributed by atoms with Gasteiger partial charge >= 0.3 is 0 Å². The van der Waals surface area contributed by atoms with Gasteiger partial charge in [-0.05, 0) is 18.6 Å². The lowest BCUT2D eigenvalue weighted by Gasteiger charge is -2.34. The van der Waals surface area contributed by atoms with Gasteiger partial charge in [0.2, 0.25) is 10.0 Å². The van der Waals surface area contributed by atoms with E-state index in [-0.39, 0.29) is 0 Å². The fourth-order valence-corrected chi connectivity index (χ4v) is 5.08. The van der Waals surface area contributed by atoms with E-state index in [9.17, 15) is 8.42 Å².